The zero-order chi connectivity index (χ0) is 10.0. The maximum absolute atomic E-state index is 11.1. The van der Waals surface area contributed by atoms with Gasteiger partial charge in [0.1, 0.15) is 4.21 Å². The zero-order valence-corrected chi connectivity index (χ0v) is 8.70. The summed E-state index contributed by atoms with van der Waals surface area (Å²) in [6.45, 7) is 1.62. The Morgan fingerprint density at radius 2 is 2.31 bits per heavy atom. The molecule has 0 bridgehead atoms. The number of thiophene rings is 1. The lowest BCUT2D eigenvalue weighted by atomic mass is 10.2. The van der Waals surface area contributed by atoms with E-state index in [9.17, 15) is 9.00 Å². The summed E-state index contributed by atoms with van der Waals surface area (Å²) >= 11 is -0.951. The molecule has 0 fully saturated rings. The van der Waals surface area contributed by atoms with Crippen LogP contribution in [0, 0.1) is 6.92 Å². The van der Waals surface area contributed by atoms with Gasteiger partial charge in [0.25, 0.3) is 0 Å². The third kappa shape index (κ3) is 1.96. The number of methoxy groups -OCH3 is 1. The van der Waals surface area contributed by atoms with Crippen LogP contribution in [0.15, 0.2) is 9.59 Å². The van der Waals surface area contributed by atoms with Gasteiger partial charge in [-0.15, -0.1) is 11.3 Å². The molecule has 0 aliphatic carbocycles. The average Bonchev–Trinajstić information content (AvgIpc) is 2.46. The normalized spacial score (nSPS) is 12.5. The average molecular weight is 220 g/mol. The Labute approximate surface area is 81.8 Å². The molecule has 4 nitrogen and oxygen atoms in total. The van der Waals surface area contributed by atoms with Crippen molar-refractivity contribution >= 4 is 28.4 Å². The molecule has 0 amide bonds. The van der Waals surface area contributed by atoms with Crippen molar-refractivity contribution < 1.29 is 18.3 Å². The Morgan fingerprint density at radius 3 is 2.69 bits per heavy atom. The summed E-state index contributed by atoms with van der Waals surface area (Å²) < 4.78 is 24.3. The van der Waals surface area contributed by atoms with E-state index in [0.717, 1.165) is 11.3 Å². The Balaban J connectivity index is 3.13. The minimum Gasteiger partial charge on any atom is -0.465 e. The van der Waals surface area contributed by atoms with Crippen molar-refractivity contribution in [2.45, 2.75) is 11.1 Å². The van der Waals surface area contributed by atoms with Gasteiger partial charge in [-0.2, -0.15) is 0 Å². The fraction of sp³-hybridized carbons (Fsp3) is 0.286. The van der Waals surface area contributed by atoms with Crippen LogP contribution in [-0.4, -0.2) is 21.8 Å². The van der Waals surface area contributed by atoms with E-state index in [-0.39, 0.29) is 0 Å². The Kier molecular flexibility index (Phi) is 3.18. The predicted molar refractivity (Wildman–Crippen MR) is 49.4 cm³/mol. The van der Waals surface area contributed by atoms with Gasteiger partial charge < -0.3 is 9.29 Å². The molecule has 1 unspecified atom stereocenters. The molecular formula is C7H8O4S2. The monoisotopic (exact) mass is 220 g/mol. The minimum absolute atomic E-state index is 0.292. The zero-order valence-electron chi connectivity index (χ0n) is 7.07. The Bertz CT molecular complexity index is 355. The largest absolute Gasteiger partial charge is 0.465 e. The van der Waals surface area contributed by atoms with Crippen molar-refractivity contribution in [3.05, 3.63) is 16.5 Å². The van der Waals surface area contributed by atoms with Gasteiger partial charge in [0.2, 0.25) is 0 Å². The van der Waals surface area contributed by atoms with Gasteiger partial charge in [-0.3, -0.25) is 0 Å². The van der Waals surface area contributed by atoms with Gasteiger partial charge >= 0.3 is 5.97 Å². The first kappa shape index (κ1) is 10.4. The van der Waals surface area contributed by atoms with E-state index in [2.05, 4.69) is 4.74 Å². The maximum Gasteiger partial charge on any atom is 0.339 e. The highest BCUT2D eigenvalue weighted by Crippen LogP contribution is 2.24. The van der Waals surface area contributed by atoms with Crippen molar-refractivity contribution in [3.63, 3.8) is 0 Å². The quantitative estimate of drug-likeness (QED) is 0.605. The van der Waals surface area contributed by atoms with Crippen LogP contribution in [0.2, 0.25) is 0 Å². The number of hydrogen-bond donors (Lipinski definition) is 1. The number of hydrogen-bond acceptors (Lipinski definition) is 4. The molecule has 13 heavy (non-hydrogen) atoms. The first-order chi connectivity index (χ1) is 6.07. The van der Waals surface area contributed by atoms with Crippen LogP contribution < -0.4 is 0 Å². The second-order valence-corrected chi connectivity index (χ2v) is 4.35. The van der Waals surface area contributed by atoms with Crippen molar-refractivity contribution in [1.29, 1.82) is 0 Å². The Morgan fingerprint density at radius 1 is 1.69 bits per heavy atom. The van der Waals surface area contributed by atoms with Crippen molar-refractivity contribution in [1.82, 2.24) is 0 Å². The molecule has 0 aliphatic heterocycles. The predicted octanol–water partition coefficient (Wildman–Crippen LogP) is 1.42. The van der Waals surface area contributed by atoms with E-state index in [4.69, 9.17) is 4.55 Å². The first-order valence-corrected chi connectivity index (χ1v) is 5.33. The molecule has 0 radical (unpaired) electrons. The molecule has 1 aromatic heterocycles. The topological polar surface area (TPSA) is 63.6 Å². The van der Waals surface area contributed by atoms with Crippen molar-refractivity contribution in [2.24, 2.45) is 0 Å². The van der Waals surface area contributed by atoms with Crippen LogP contribution in [0.25, 0.3) is 0 Å². The minimum atomic E-state index is -2.03. The number of rotatable bonds is 2. The third-order valence-electron chi connectivity index (χ3n) is 1.56. The molecule has 1 rings (SSSR count). The van der Waals surface area contributed by atoms with E-state index in [0.29, 0.717) is 15.3 Å². The molecule has 6 heteroatoms. The highest BCUT2D eigenvalue weighted by molar-refractivity contribution is 7.81. The highest BCUT2D eigenvalue weighted by Gasteiger charge is 2.17. The fourth-order valence-corrected chi connectivity index (χ4v) is 2.51. The van der Waals surface area contributed by atoms with Gasteiger partial charge in [-0.05, 0) is 12.5 Å². The summed E-state index contributed by atoms with van der Waals surface area (Å²) in [5, 5.41) is 1.52. The lowest BCUT2D eigenvalue weighted by molar-refractivity contribution is 0.0600. The van der Waals surface area contributed by atoms with Crippen LogP contribution in [0.5, 0.6) is 0 Å². The maximum atomic E-state index is 11.1. The lowest BCUT2D eigenvalue weighted by Crippen LogP contribution is -2.01. The van der Waals surface area contributed by atoms with Crippen LogP contribution in [0.1, 0.15) is 15.9 Å². The van der Waals surface area contributed by atoms with E-state index in [1.807, 2.05) is 0 Å². The summed E-state index contributed by atoms with van der Waals surface area (Å²) in [6.07, 6.45) is 0. The van der Waals surface area contributed by atoms with E-state index >= 15 is 0 Å². The summed E-state index contributed by atoms with van der Waals surface area (Å²) in [5.74, 6) is -0.481. The lowest BCUT2D eigenvalue weighted by Gasteiger charge is -1.97. The molecular weight excluding hydrogens is 212 g/mol. The molecule has 1 N–H and O–H groups in total. The van der Waals surface area contributed by atoms with E-state index in [1.165, 1.54) is 12.5 Å². The van der Waals surface area contributed by atoms with Gasteiger partial charge in [0.15, 0.2) is 11.1 Å². The number of carbonyl (C=O) groups is 1. The molecule has 0 spiro atoms. The Hall–Kier alpha value is -0.720. The van der Waals surface area contributed by atoms with Crippen molar-refractivity contribution in [3.8, 4) is 0 Å². The molecule has 0 aromatic carbocycles. The summed E-state index contributed by atoms with van der Waals surface area (Å²) in [6, 6.07) is 0. The molecule has 0 saturated heterocycles. The molecule has 0 aliphatic rings. The molecule has 1 atom stereocenters. The smallest absolute Gasteiger partial charge is 0.339 e. The second-order valence-electron chi connectivity index (χ2n) is 2.30. The number of ether oxygens (including phenoxy) is 1. The van der Waals surface area contributed by atoms with Crippen molar-refractivity contribution in [2.75, 3.05) is 7.11 Å². The van der Waals surface area contributed by atoms with Crippen LogP contribution in [0.3, 0.4) is 0 Å². The van der Waals surface area contributed by atoms with Gasteiger partial charge in [0, 0.05) is 5.38 Å². The number of carbonyl (C=O) groups excluding carboxylic acids is 1. The standard InChI is InChI=1S/C7H8O4S2/c1-4-5(6(8)11-2)3-12-7(4)13(9)10/h3H,1-2H3,(H,9,10). The molecule has 0 saturated carbocycles. The van der Waals surface area contributed by atoms with E-state index in [1.54, 1.807) is 6.92 Å². The highest BCUT2D eigenvalue weighted by atomic mass is 32.2. The van der Waals surface area contributed by atoms with Gasteiger partial charge in [-0.1, -0.05) is 0 Å². The molecule has 72 valence electrons. The first-order valence-electron chi connectivity index (χ1n) is 3.35. The molecule has 1 aromatic rings. The second kappa shape index (κ2) is 3.99. The summed E-state index contributed by atoms with van der Waals surface area (Å²) in [4.78, 5) is 11.1. The fourth-order valence-electron chi connectivity index (χ4n) is 0.882. The van der Waals surface area contributed by atoms with Crippen LogP contribution in [-0.2, 0) is 15.8 Å². The molecule has 1 heterocycles. The third-order valence-corrected chi connectivity index (χ3v) is 3.77. The summed E-state index contributed by atoms with van der Waals surface area (Å²) in [5.41, 5.74) is 0.864. The van der Waals surface area contributed by atoms with Gasteiger partial charge in [0.05, 0.1) is 12.7 Å². The van der Waals surface area contributed by atoms with E-state index < -0.39 is 17.0 Å². The van der Waals surface area contributed by atoms with Crippen LogP contribution in [0.4, 0.5) is 0 Å². The van der Waals surface area contributed by atoms with Crippen LogP contribution >= 0.6 is 11.3 Å². The SMILES string of the molecule is COC(=O)c1csc(S(=O)O)c1C. The number of esters is 1. The summed E-state index contributed by atoms with van der Waals surface area (Å²) in [7, 11) is 1.27. The van der Waals surface area contributed by atoms with Gasteiger partial charge in [-0.25, -0.2) is 9.00 Å².